The zero-order chi connectivity index (χ0) is 10.0. The van der Waals surface area contributed by atoms with E-state index in [1.54, 1.807) is 0 Å². The molecule has 0 atom stereocenters. The lowest BCUT2D eigenvalue weighted by molar-refractivity contribution is 0.146. The van der Waals surface area contributed by atoms with Crippen molar-refractivity contribution in [2.24, 2.45) is 0 Å². The normalized spacial score (nSPS) is 11.2. The van der Waals surface area contributed by atoms with E-state index in [2.05, 4.69) is 0 Å². The molecule has 0 radical (unpaired) electrons. The molecule has 0 nitrogen and oxygen atoms in total. The largest absolute Gasteiger partial charge is 0.263 e. The lowest BCUT2D eigenvalue weighted by atomic mass is 9.86. The Balaban J connectivity index is 3.18. The van der Waals surface area contributed by atoms with E-state index in [0.717, 1.165) is 12.1 Å². The lowest BCUT2D eigenvalue weighted by Crippen LogP contribution is -2.16. The van der Waals surface area contributed by atoms with E-state index < -0.39 is 12.9 Å². The van der Waals surface area contributed by atoms with Gasteiger partial charge >= 0.3 is 0 Å². The van der Waals surface area contributed by atoms with Crippen LogP contribution in [0, 0.1) is 0 Å². The zero-order valence-electron chi connectivity index (χ0n) is 6.90. The number of hydrogen-bond acceptors (Lipinski definition) is 0. The van der Waals surface area contributed by atoms with Gasteiger partial charge in [0, 0.05) is 11.1 Å². The number of halogens is 4. The Morgan fingerprint density at radius 2 is 1.31 bits per heavy atom. The molecule has 0 spiro atoms. The van der Waals surface area contributed by atoms with Crippen molar-refractivity contribution in [2.45, 2.75) is 12.9 Å². The van der Waals surface area contributed by atoms with Gasteiger partial charge in [-0.1, -0.05) is 23.7 Å². The summed E-state index contributed by atoms with van der Waals surface area (Å²) in [4.78, 5) is 0. The fraction of sp³-hybridized carbons (Fsp3) is 0.250. The minimum absolute atomic E-state index is 0.0208. The molecule has 0 N–H and O–H groups in total. The summed E-state index contributed by atoms with van der Waals surface area (Å²) in [5.41, 5.74) is -0.664. The average Bonchev–Trinajstić information content (AvgIpc) is 2.03. The summed E-state index contributed by atoms with van der Waals surface area (Å²) in [5, 5.41) is 0. The van der Waals surface area contributed by atoms with E-state index in [9.17, 15) is 17.6 Å². The molecule has 0 saturated heterocycles. The van der Waals surface area contributed by atoms with Crippen LogP contribution >= 0.6 is 0 Å². The SMILES string of the molecule is Bc1c(C(F)F)cccc1C(F)F. The second kappa shape index (κ2) is 3.81. The molecule has 13 heavy (non-hydrogen) atoms. The molecule has 0 unspecified atom stereocenters. The second-order valence-electron chi connectivity index (χ2n) is 2.66. The predicted octanol–water partition coefficient (Wildman–Crippen LogP) is 1.82. The fourth-order valence-corrected chi connectivity index (χ4v) is 1.14. The molecule has 0 aliphatic carbocycles. The first-order valence-electron chi connectivity index (χ1n) is 3.69. The van der Waals surface area contributed by atoms with Crippen LogP contribution < -0.4 is 5.46 Å². The van der Waals surface area contributed by atoms with Gasteiger partial charge in [-0.25, -0.2) is 17.6 Å². The standard InChI is InChI=1S/C8H7BF4/c9-6-4(7(10)11)2-1-3-5(6)8(12)13/h1-3,7-8H,9H2. The van der Waals surface area contributed by atoms with Gasteiger partial charge in [-0.15, -0.1) is 0 Å². The quantitative estimate of drug-likeness (QED) is 0.492. The maximum Gasteiger partial charge on any atom is 0.263 e. The van der Waals surface area contributed by atoms with Crippen LogP contribution in [0.3, 0.4) is 0 Å². The number of hydrogen-bond donors (Lipinski definition) is 0. The molecule has 0 bridgehead atoms. The van der Waals surface area contributed by atoms with Crippen molar-refractivity contribution in [3.05, 3.63) is 29.3 Å². The third-order valence-electron chi connectivity index (χ3n) is 1.89. The van der Waals surface area contributed by atoms with Gasteiger partial charge in [0.15, 0.2) is 0 Å². The molecule has 0 heterocycles. The first kappa shape index (κ1) is 10.1. The van der Waals surface area contributed by atoms with Crippen molar-refractivity contribution in [3.63, 3.8) is 0 Å². The second-order valence-corrected chi connectivity index (χ2v) is 2.66. The van der Waals surface area contributed by atoms with Crippen molar-refractivity contribution in [3.8, 4) is 0 Å². The molecule has 0 amide bonds. The van der Waals surface area contributed by atoms with Crippen molar-refractivity contribution in [1.82, 2.24) is 0 Å². The van der Waals surface area contributed by atoms with Crippen LogP contribution in [0.2, 0.25) is 0 Å². The van der Waals surface area contributed by atoms with Crippen molar-refractivity contribution in [2.75, 3.05) is 0 Å². The molecule has 0 aromatic heterocycles. The molecular formula is C8H7BF4. The first-order valence-corrected chi connectivity index (χ1v) is 3.69. The Labute approximate surface area is 74.0 Å². The zero-order valence-corrected chi connectivity index (χ0v) is 6.90. The Morgan fingerprint density at radius 3 is 1.62 bits per heavy atom. The third kappa shape index (κ3) is 2.02. The summed E-state index contributed by atoms with van der Waals surface area (Å²) in [7, 11) is 1.28. The molecular weight excluding hydrogens is 183 g/mol. The smallest absolute Gasteiger partial charge is 0.205 e. The molecule has 1 rings (SSSR count). The molecule has 70 valence electrons. The van der Waals surface area contributed by atoms with Crippen LogP contribution in [0.4, 0.5) is 17.6 Å². The fourth-order valence-electron chi connectivity index (χ4n) is 1.14. The van der Waals surface area contributed by atoms with E-state index in [-0.39, 0.29) is 16.6 Å². The minimum atomic E-state index is -2.70. The summed E-state index contributed by atoms with van der Waals surface area (Å²) in [6, 6.07) is 3.54. The molecule has 1 aromatic carbocycles. The Hall–Kier alpha value is -0.995. The molecule has 5 heteroatoms. The number of rotatable bonds is 2. The van der Waals surface area contributed by atoms with Gasteiger partial charge in [-0.05, 0) is 0 Å². The highest BCUT2D eigenvalue weighted by molar-refractivity contribution is 6.34. The van der Waals surface area contributed by atoms with Crippen LogP contribution in [0.15, 0.2) is 18.2 Å². The Bertz CT molecular complexity index is 272. The number of alkyl halides is 4. The van der Waals surface area contributed by atoms with E-state index >= 15 is 0 Å². The average molecular weight is 190 g/mol. The summed E-state index contributed by atoms with van der Waals surface area (Å²) < 4.78 is 48.9. The van der Waals surface area contributed by atoms with Crippen LogP contribution in [-0.2, 0) is 0 Å². The van der Waals surface area contributed by atoms with Gasteiger partial charge in [-0.3, -0.25) is 0 Å². The highest BCUT2D eigenvalue weighted by Gasteiger charge is 2.16. The summed E-state index contributed by atoms with van der Waals surface area (Å²) >= 11 is 0. The van der Waals surface area contributed by atoms with Crippen molar-refractivity contribution in [1.29, 1.82) is 0 Å². The van der Waals surface area contributed by atoms with E-state index in [4.69, 9.17) is 0 Å². The number of benzene rings is 1. The van der Waals surface area contributed by atoms with Gasteiger partial charge in [-0.2, -0.15) is 0 Å². The summed E-state index contributed by atoms with van der Waals surface area (Å²) in [6.07, 6.45) is -5.39. The summed E-state index contributed by atoms with van der Waals surface area (Å²) in [5.74, 6) is 0. The molecule has 0 fully saturated rings. The monoisotopic (exact) mass is 190 g/mol. The van der Waals surface area contributed by atoms with Crippen molar-refractivity contribution >= 4 is 13.3 Å². The predicted molar refractivity (Wildman–Crippen MR) is 44.5 cm³/mol. The van der Waals surface area contributed by atoms with Gasteiger partial charge in [0.05, 0.1) is 0 Å². The van der Waals surface area contributed by atoms with E-state index in [0.29, 0.717) is 0 Å². The van der Waals surface area contributed by atoms with Crippen LogP contribution in [0.25, 0.3) is 0 Å². The topological polar surface area (TPSA) is 0 Å². The third-order valence-corrected chi connectivity index (χ3v) is 1.89. The van der Waals surface area contributed by atoms with Gasteiger partial charge in [0.2, 0.25) is 0 Å². The molecule has 0 aliphatic heterocycles. The maximum absolute atomic E-state index is 12.2. The van der Waals surface area contributed by atoms with Crippen LogP contribution in [0.5, 0.6) is 0 Å². The van der Waals surface area contributed by atoms with Crippen LogP contribution in [-0.4, -0.2) is 7.85 Å². The first-order chi connectivity index (χ1) is 6.04. The highest BCUT2D eigenvalue weighted by atomic mass is 19.3. The van der Waals surface area contributed by atoms with E-state index in [1.165, 1.54) is 13.9 Å². The van der Waals surface area contributed by atoms with Gasteiger partial charge < -0.3 is 0 Å². The molecule has 0 aliphatic rings. The maximum atomic E-state index is 12.2. The highest BCUT2D eigenvalue weighted by Crippen LogP contribution is 2.22. The molecule has 0 saturated carbocycles. The van der Waals surface area contributed by atoms with Crippen molar-refractivity contribution < 1.29 is 17.6 Å². The van der Waals surface area contributed by atoms with Gasteiger partial charge in [0.25, 0.3) is 12.9 Å². The van der Waals surface area contributed by atoms with Crippen LogP contribution in [0.1, 0.15) is 24.0 Å². The summed E-state index contributed by atoms with van der Waals surface area (Å²) in [6.45, 7) is 0. The Kier molecular flexibility index (Phi) is 2.96. The minimum Gasteiger partial charge on any atom is -0.205 e. The Morgan fingerprint density at radius 1 is 0.923 bits per heavy atom. The molecule has 1 aromatic rings. The van der Waals surface area contributed by atoms with Gasteiger partial charge in [0.1, 0.15) is 7.85 Å². The lowest BCUT2D eigenvalue weighted by Gasteiger charge is -2.09. The van der Waals surface area contributed by atoms with E-state index in [1.807, 2.05) is 0 Å².